The van der Waals surface area contributed by atoms with Crippen LogP contribution in [0, 0.1) is 0 Å². The predicted molar refractivity (Wildman–Crippen MR) is 134 cm³/mol. The van der Waals surface area contributed by atoms with Crippen molar-refractivity contribution in [3.05, 3.63) is 121 Å². The lowest BCUT2D eigenvalue weighted by Crippen LogP contribution is -2.18. The first-order chi connectivity index (χ1) is 16.7. The van der Waals surface area contributed by atoms with E-state index in [-0.39, 0.29) is 12.5 Å². The standard InChI is InChI=1S/C29H24N2O3/c32-29(30-23-14-16-25(17-15-23)34-24-10-5-2-6-11-24)20-31-19-18-26-27(31)12-7-13-28(26)33-21-22-8-3-1-4-9-22/h1-19H,20-21H2,(H,30,32). The lowest BCUT2D eigenvalue weighted by Gasteiger charge is -2.10. The molecule has 0 bridgehead atoms. The Balaban J connectivity index is 1.22. The summed E-state index contributed by atoms with van der Waals surface area (Å²) in [6.07, 6.45) is 1.91. The minimum absolute atomic E-state index is 0.107. The van der Waals surface area contributed by atoms with Crippen LogP contribution in [0.1, 0.15) is 5.56 Å². The third-order valence-electron chi connectivity index (χ3n) is 5.44. The molecule has 0 aliphatic carbocycles. The largest absolute Gasteiger partial charge is 0.488 e. The van der Waals surface area contributed by atoms with Gasteiger partial charge in [0.05, 0.1) is 5.52 Å². The fraction of sp³-hybridized carbons (Fsp3) is 0.0690. The normalized spacial score (nSPS) is 10.7. The summed E-state index contributed by atoms with van der Waals surface area (Å²) in [5.74, 6) is 2.17. The molecule has 0 atom stereocenters. The molecule has 5 nitrogen and oxygen atoms in total. The van der Waals surface area contributed by atoms with Crippen molar-refractivity contribution in [2.75, 3.05) is 5.32 Å². The van der Waals surface area contributed by atoms with E-state index in [0.29, 0.717) is 18.0 Å². The van der Waals surface area contributed by atoms with Crippen LogP contribution >= 0.6 is 0 Å². The summed E-state index contributed by atoms with van der Waals surface area (Å²) in [7, 11) is 0. The average molecular weight is 449 g/mol. The maximum atomic E-state index is 12.7. The fourth-order valence-electron chi connectivity index (χ4n) is 3.78. The second-order valence-corrected chi connectivity index (χ2v) is 7.89. The molecular weight excluding hydrogens is 424 g/mol. The highest BCUT2D eigenvalue weighted by Crippen LogP contribution is 2.28. The van der Waals surface area contributed by atoms with Gasteiger partial charge in [0, 0.05) is 17.3 Å². The van der Waals surface area contributed by atoms with Gasteiger partial charge < -0.3 is 19.4 Å². The summed E-state index contributed by atoms with van der Waals surface area (Å²) in [6.45, 7) is 0.698. The molecule has 0 aliphatic heterocycles. The van der Waals surface area contributed by atoms with Gasteiger partial charge in [-0.15, -0.1) is 0 Å². The van der Waals surface area contributed by atoms with E-state index in [1.807, 2.05) is 120 Å². The molecule has 0 spiro atoms. The summed E-state index contributed by atoms with van der Waals surface area (Å²) in [5.41, 5.74) is 2.78. The number of nitrogens with one attached hydrogen (secondary N) is 1. The molecule has 0 aliphatic rings. The van der Waals surface area contributed by atoms with Gasteiger partial charge in [0.25, 0.3) is 0 Å². The SMILES string of the molecule is O=C(Cn1ccc2c(OCc3ccccc3)cccc21)Nc1ccc(Oc2ccccc2)cc1. The van der Waals surface area contributed by atoms with Crippen LogP contribution in [0.5, 0.6) is 17.2 Å². The number of carbonyl (C=O) groups is 1. The third-order valence-corrected chi connectivity index (χ3v) is 5.44. The highest BCUT2D eigenvalue weighted by Gasteiger charge is 2.10. The van der Waals surface area contributed by atoms with E-state index < -0.39 is 0 Å². The van der Waals surface area contributed by atoms with Gasteiger partial charge in [-0.3, -0.25) is 4.79 Å². The smallest absolute Gasteiger partial charge is 0.244 e. The first-order valence-electron chi connectivity index (χ1n) is 11.1. The first kappa shape index (κ1) is 21.3. The first-order valence-corrected chi connectivity index (χ1v) is 11.1. The number of nitrogens with zero attached hydrogens (tertiary/aromatic N) is 1. The molecule has 168 valence electrons. The number of hydrogen-bond donors (Lipinski definition) is 1. The number of para-hydroxylation sites is 1. The molecule has 5 aromatic rings. The molecule has 34 heavy (non-hydrogen) atoms. The molecule has 0 unspecified atom stereocenters. The predicted octanol–water partition coefficient (Wildman–Crippen LogP) is 6.65. The van der Waals surface area contributed by atoms with Gasteiger partial charge >= 0.3 is 0 Å². The Morgan fingerprint density at radius 3 is 2.21 bits per heavy atom. The molecule has 1 N–H and O–H groups in total. The van der Waals surface area contributed by atoms with Gasteiger partial charge in [-0.05, 0) is 60.2 Å². The highest BCUT2D eigenvalue weighted by atomic mass is 16.5. The molecular formula is C29H24N2O3. The fourth-order valence-corrected chi connectivity index (χ4v) is 3.78. The van der Waals surface area contributed by atoms with Crippen molar-refractivity contribution >= 4 is 22.5 Å². The highest BCUT2D eigenvalue weighted by molar-refractivity contribution is 5.93. The van der Waals surface area contributed by atoms with Crippen LogP contribution in [-0.4, -0.2) is 10.5 Å². The molecule has 1 heterocycles. The third kappa shape index (κ3) is 5.10. The van der Waals surface area contributed by atoms with Crippen LogP contribution in [0.2, 0.25) is 0 Å². The zero-order valence-corrected chi connectivity index (χ0v) is 18.6. The average Bonchev–Trinajstić information content (AvgIpc) is 3.28. The van der Waals surface area contributed by atoms with Gasteiger partial charge in [0.15, 0.2) is 0 Å². The van der Waals surface area contributed by atoms with E-state index in [0.717, 1.165) is 28.0 Å². The molecule has 0 fully saturated rings. The van der Waals surface area contributed by atoms with E-state index >= 15 is 0 Å². The van der Waals surface area contributed by atoms with Crippen molar-refractivity contribution in [2.45, 2.75) is 13.2 Å². The van der Waals surface area contributed by atoms with Gasteiger partial charge in [-0.2, -0.15) is 0 Å². The summed E-state index contributed by atoms with van der Waals surface area (Å²) in [6, 6.07) is 34.9. The zero-order chi connectivity index (χ0) is 23.2. The Hall–Kier alpha value is -4.51. The van der Waals surface area contributed by atoms with Crippen LogP contribution in [0.3, 0.4) is 0 Å². The molecule has 5 heteroatoms. The Bertz CT molecular complexity index is 1380. The maximum Gasteiger partial charge on any atom is 0.244 e. The summed E-state index contributed by atoms with van der Waals surface area (Å²) < 4.78 is 13.8. The minimum Gasteiger partial charge on any atom is -0.488 e. The number of benzene rings is 4. The Labute approximate surface area is 198 Å². The second-order valence-electron chi connectivity index (χ2n) is 7.89. The number of fused-ring (bicyclic) bond motifs is 1. The van der Waals surface area contributed by atoms with Gasteiger partial charge in [-0.25, -0.2) is 0 Å². The number of hydrogen-bond acceptors (Lipinski definition) is 3. The van der Waals surface area contributed by atoms with Crippen molar-refractivity contribution in [1.29, 1.82) is 0 Å². The quantitative estimate of drug-likeness (QED) is 0.289. The molecule has 4 aromatic carbocycles. The molecule has 1 amide bonds. The monoisotopic (exact) mass is 448 g/mol. The van der Waals surface area contributed by atoms with Crippen LogP contribution in [-0.2, 0) is 17.9 Å². The zero-order valence-electron chi connectivity index (χ0n) is 18.6. The van der Waals surface area contributed by atoms with Crippen molar-refractivity contribution in [2.24, 2.45) is 0 Å². The maximum absolute atomic E-state index is 12.7. The van der Waals surface area contributed by atoms with E-state index in [4.69, 9.17) is 9.47 Å². The van der Waals surface area contributed by atoms with Crippen LogP contribution in [0.25, 0.3) is 10.9 Å². The number of aromatic nitrogens is 1. The van der Waals surface area contributed by atoms with E-state index in [9.17, 15) is 4.79 Å². The lowest BCUT2D eigenvalue weighted by atomic mass is 10.2. The minimum atomic E-state index is -0.107. The Kier molecular flexibility index (Phi) is 6.25. The van der Waals surface area contributed by atoms with E-state index in [1.54, 1.807) is 0 Å². The molecule has 5 rings (SSSR count). The second kappa shape index (κ2) is 9.96. The molecule has 1 aromatic heterocycles. The summed E-state index contributed by atoms with van der Waals surface area (Å²) >= 11 is 0. The molecule has 0 radical (unpaired) electrons. The van der Waals surface area contributed by atoms with E-state index in [2.05, 4.69) is 5.32 Å². The number of rotatable bonds is 8. The lowest BCUT2D eigenvalue weighted by molar-refractivity contribution is -0.116. The topological polar surface area (TPSA) is 52.5 Å². The number of ether oxygens (including phenoxy) is 2. The van der Waals surface area contributed by atoms with Crippen molar-refractivity contribution in [3.8, 4) is 17.2 Å². The Morgan fingerprint density at radius 2 is 1.44 bits per heavy atom. The van der Waals surface area contributed by atoms with Crippen LogP contribution in [0.15, 0.2) is 115 Å². The Morgan fingerprint density at radius 1 is 0.735 bits per heavy atom. The number of anilines is 1. The van der Waals surface area contributed by atoms with Crippen molar-refractivity contribution in [1.82, 2.24) is 4.57 Å². The van der Waals surface area contributed by atoms with Gasteiger partial charge in [0.2, 0.25) is 5.91 Å². The summed E-state index contributed by atoms with van der Waals surface area (Å²) in [4.78, 5) is 12.7. The van der Waals surface area contributed by atoms with Crippen molar-refractivity contribution < 1.29 is 14.3 Å². The number of amides is 1. The van der Waals surface area contributed by atoms with Crippen LogP contribution < -0.4 is 14.8 Å². The molecule has 0 saturated heterocycles. The van der Waals surface area contributed by atoms with Gasteiger partial charge in [-0.1, -0.05) is 54.6 Å². The van der Waals surface area contributed by atoms with E-state index in [1.165, 1.54) is 0 Å². The van der Waals surface area contributed by atoms with Crippen LogP contribution in [0.4, 0.5) is 5.69 Å². The van der Waals surface area contributed by atoms with Gasteiger partial charge in [0.1, 0.15) is 30.4 Å². The number of carbonyl (C=O) groups excluding carboxylic acids is 1. The summed E-state index contributed by atoms with van der Waals surface area (Å²) in [5, 5.41) is 3.93. The molecule has 0 saturated carbocycles. The van der Waals surface area contributed by atoms with Crippen molar-refractivity contribution in [3.63, 3.8) is 0 Å².